The van der Waals surface area contributed by atoms with E-state index in [0.717, 1.165) is 5.56 Å². The van der Waals surface area contributed by atoms with Crippen molar-refractivity contribution < 1.29 is 19.4 Å². The molecule has 1 unspecified atom stereocenters. The van der Waals surface area contributed by atoms with Crippen molar-refractivity contribution in [3.05, 3.63) is 40.4 Å². The highest BCUT2D eigenvalue weighted by atomic mass is 35.5. The molecule has 0 saturated carbocycles. The van der Waals surface area contributed by atoms with Crippen LogP contribution in [0.3, 0.4) is 0 Å². The van der Waals surface area contributed by atoms with E-state index in [1.165, 1.54) is 4.90 Å². The van der Waals surface area contributed by atoms with E-state index in [9.17, 15) is 14.7 Å². The number of hydrogen-bond acceptors (Lipinski definition) is 5. The first kappa shape index (κ1) is 17.2. The summed E-state index contributed by atoms with van der Waals surface area (Å²) in [6, 6.07) is 4.17. The minimum absolute atomic E-state index is 0.0779. The summed E-state index contributed by atoms with van der Waals surface area (Å²) in [6.45, 7) is 3.45. The fraction of sp³-hybridized carbons (Fsp3) is 0.375. The number of carbonyl (C=O) groups excluding carboxylic acids is 1. The minimum atomic E-state index is -1.08. The summed E-state index contributed by atoms with van der Waals surface area (Å²) in [5, 5.41) is 17.9. The average Bonchev–Trinajstić information content (AvgIpc) is 2.95. The van der Waals surface area contributed by atoms with Gasteiger partial charge in [-0.15, -0.1) is 10.2 Å². The van der Waals surface area contributed by atoms with Gasteiger partial charge in [0.15, 0.2) is 12.4 Å². The molecule has 1 aliphatic heterocycles. The third kappa shape index (κ3) is 3.30. The van der Waals surface area contributed by atoms with Crippen LogP contribution in [0.5, 0.6) is 5.75 Å². The highest BCUT2D eigenvalue weighted by Gasteiger charge is 2.36. The predicted octanol–water partition coefficient (Wildman–Crippen LogP) is 1.42. The van der Waals surface area contributed by atoms with Crippen molar-refractivity contribution in [2.24, 2.45) is 0 Å². The highest BCUT2D eigenvalue weighted by Crippen LogP contribution is 2.25. The molecule has 3 rings (SSSR count). The second-order valence-electron chi connectivity index (χ2n) is 5.80. The number of aryl methyl sites for hydroxylation is 1. The number of aromatic nitrogens is 3. The first-order valence-electron chi connectivity index (χ1n) is 7.67. The first-order valence-corrected chi connectivity index (χ1v) is 8.05. The summed E-state index contributed by atoms with van der Waals surface area (Å²) in [5.41, 5.74) is 0.723. The molecule has 1 aromatic heterocycles. The highest BCUT2D eigenvalue weighted by molar-refractivity contribution is 6.31. The Kier molecular flexibility index (Phi) is 4.63. The van der Waals surface area contributed by atoms with Crippen LogP contribution in [0.4, 0.5) is 0 Å². The molecule has 0 radical (unpaired) electrons. The number of rotatable bonds is 4. The summed E-state index contributed by atoms with van der Waals surface area (Å²) in [5.74, 6) is 0.162. The van der Waals surface area contributed by atoms with Crippen LogP contribution < -0.4 is 4.74 Å². The Bertz CT molecular complexity index is 836. The van der Waals surface area contributed by atoms with Gasteiger partial charge in [-0.25, -0.2) is 4.79 Å². The van der Waals surface area contributed by atoms with Crippen LogP contribution in [0.1, 0.15) is 17.2 Å². The molecule has 0 spiro atoms. The summed E-state index contributed by atoms with van der Waals surface area (Å²) < 4.78 is 7.26. The molecule has 1 aliphatic rings. The standard InChI is InChI=1S/C16H17ClN4O4/c1-9-11(17)4-3-5-13(9)25-8-15(22)21-7-14-19-18-10(2)20(14)6-12(21)16(23)24/h3-5,12H,6-8H2,1-2H3,(H,23,24). The van der Waals surface area contributed by atoms with Gasteiger partial charge in [-0.2, -0.15) is 0 Å². The number of fused-ring (bicyclic) bond motifs is 1. The molecular formula is C16H17ClN4O4. The van der Waals surface area contributed by atoms with Crippen molar-refractivity contribution in [2.75, 3.05) is 6.61 Å². The molecule has 1 N–H and O–H groups in total. The SMILES string of the molecule is Cc1c(Cl)cccc1OCC(=O)N1Cc2nnc(C)n2CC1C(=O)O. The van der Waals surface area contributed by atoms with E-state index >= 15 is 0 Å². The zero-order chi connectivity index (χ0) is 18.1. The van der Waals surface area contributed by atoms with E-state index in [2.05, 4.69) is 10.2 Å². The number of nitrogens with zero attached hydrogens (tertiary/aromatic N) is 4. The maximum absolute atomic E-state index is 12.5. The number of carboxylic acid groups (broad SMARTS) is 1. The summed E-state index contributed by atoms with van der Waals surface area (Å²) in [6.07, 6.45) is 0. The first-order chi connectivity index (χ1) is 11.9. The second kappa shape index (κ2) is 6.72. The second-order valence-corrected chi connectivity index (χ2v) is 6.21. The molecule has 0 aliphatic carbocycles. The fourth-order valence-electron chi connectivity index (χ4n) is 2.75. The number of aliphatic carboxylic acids is 1. The Hall–Kier alpha value is -2.61. The third-order valence-electron chi connectivity index (χ3n) is 4.23. The molecule has 0 saturated heterocycles. The molecule has 1 amide bonds. The Labute approximate surface area is 149 Å². The Morgan fingerprint density at radius 3 is 2.84 bits per heavy atom. The van der Waals surface area contributed by atoms with E-state index in [1.54, 1.807) is 36.6 Å². The molecule has 8 nitrogen and oxygen atoms in total. The normalized spacial score (nSPS) is 16.4. The molecule has 1 aromatic carbocycles. The molecule has 25 heavy (non-hydrogen) atoms. The topological polar surface area (TPSA) is 97.5 Å². The number of carboxylic acids is 1. The minimum Gasteiger partial charge on any atom is -0.483 e. The van der Waals surface area contributed by atoms with Gasteiger partial charge < -0.3 is 19.3 Å². The number of ether oxygens (including phenoxy) is 1. The largest absolute Gasteiger partial charge is 0.483 e. The van der Waals surface area contributed by atoms with Gasteiger partial charge in [0.2, 0.25) is 0 Å². The Balaban J connectivity index is 1.76. The van der Waals surface area contributed by atoms with Crippen LogP contribution in [0.2, 0.25) is 5.02 Å². The summed E-state index contributed by atoms with van der Waals surface area (Å²) in [4.78, 5) is 25.4. The van der Waals surface area contributed by atoms with E-state index in [1.807, 2.05) is 0 Å². The van der Waals surface area contributed by atoms with Gasteiger partial charge in [-0.1, -0.05) is 17.7 Å². The van der Waals surface area contributed by atoms with E-state index in [0.29, 0.717) is 22.4 Å². The van der Waals surface area contributed by atoms with E-state index in [-0.39, 0.29) is 19.7 Å². The van der Waals surface area contributed by atoms with Gasteiger partial charge in [0, 0.05) is 10.6 Å². The quantitative estimate of drug-likeness (QED) is 0.881. The third-order valence-corrected chi connectivity index (χ3v) is 4.64. The van der Waals surface area contributed by atoms with E-state index < -0.39 is 17.9 Å². The number of halogens is 1. The summed E-state index contributed by atoms with van der Waals surface area (Å²) in [7, 11) is 0. The number of carbonyl (C=O) groups is 2. The van der Waals surface area contributed by atoms with Crippen molar-refractivity contribution in [3.8, 4) is 5.75 Å². The van der Waals surface area contributed by atoms with E-state index in [4.69, 9.17) is 16.3 Å². The van der Waals surface area contributed by atoms with Gasteiger partial charge in [-0.05, 0) is 26.0 Å². The maximum Gasteiger partial charge on any atom is 0.328 e. The van der Waals surface area contributed by atoms with Gasteiger partial charge in [0.25, 0.3) is 5.91 Å². The van der Waals surface area contributed by atoms with Gasteiger partial charge in [-0.3, -0.25) is 4.79 Å². The lowest BCUT2D eigenvalue weighted by atomic mass is 10.2. The van der Waals surface area contributed by atoms with Crippen molar-refractivity contribution in [2.45, 2.75) is 33.0 Å². The van der Waals surface area contributed by atoms with Crippen LogP contribution >= 0.6 is 11.6 Å². The van der Waals surface area contributed by atoms with Gasteiger partial charge in [0.1, 0.15) is 17.6 Å². The molecule has 0 fully saturated rings. The van der Waals surface area contributed by atoms with Crippen LogP contribution in [0.25, 0.3) is 0 Å². The molecule has 9 heteroatoms. The van der Waals surface area contributed by atoms with Crippen LogP contribution in [-0.4, -0.2) is 49.3 Å². The lowest BCUT2D eigenvalue weighted by molar-refractivity contribution is -0.153. The smallest absolute Gasteiger partial charge is 0.328 e. The Morgan fingerprint density at radius 2 is 2.12 bits per heavy atom. The van der Waals surface area contributed by atoms with Crippen LogP contribution in [0.15, 0.2) is 18.2 Å². The zero-order valence-electron chi connectivity index (χ0n) is 13.8. The molecule has 2 aromatic rings. The number of amides is 1. The van der Waals surface area contributed by atoms with Crippen molar-refractivity contribution in [3.63, 3.8) is 0 Å². The zero-order valence-corrected chi connectivity index (χ0v) is 14.5. The lowest BCUT2D eigenvalue weighted by Gasteiger charge is -2.33. The Morgan fingerprint density at radius 1 is 1.36 bits per heavy atom. The number of benzene rings is 1. The van der Waals surface area contributed by atoms with Crippen molar-refractivity contribution in [1.82, 2.24) is 19.7 Å². The van der Waals surface area contributed by atoms with Gasteiger partial charge >= 0.3 is 5.97 Å². The molecule has 1 atom stereocenters. The number of hydrogen-bond donors (Lipinski definition) is 1. The average molecular weight is 365 g/mol. The lowest BCUT2D eigenvalue weighted by Crippen LogP contribution is -2.52. The fourth-order valence-corrected chi connectivity index (χ4v) is 2.92. The van der Waals surface area contributed by atoms with Gasteiger partial charge in [0.05, 0.1) is 13.1 Å². The van der Waals surface area contributed by atoms with Crippen LogP contribution in [0, 0.1) is 13.8 Å². The van der Waals surface area contributed by atoms with Crippen LogP contribution in [-0.2, 0) is 22.7 Å². The molecule has 2 heterocycles. The molecular weight excluding hydrogens is 348 g/mol. The monoisotopic (exact) mass is 364 g/mol. The molecule has 132 valence electrons. The maximum atomic E-state index is 12.5. The predicted molar refractivity (Wildman–Crippen MR) is 88.4 cm³/mol. The summed E-state index contributed by atoms with van der Waals surface area (Å²) >= 11 is 6.03. The van der Waals surface area contributed by atoms with Crippen molar-refractivity contribution >= 4 is 23.5 Å². The van der Waals surface area contributed by atoms with Crippen molar-refractivity contribution in [1.29, 1.82) is 0 Å². The molecule has 0 bridgehead atoms.